The molecule has 0 aliphatic rings. The van der Waals surface area contributed by atoms with E-state index >= 15 is 0 Å². The maximum Gasteiger partial charge on any atom is 0.243 e. The number of hydrogen-bond donors (Lipinski definition) is 2. The van der Waals surface area contributed by atoms with E-state index in [4.69, 9.17) is 5.73 Å². The third-order valence-electron chi connectivity index (χ3n) is 2.18. The summed E-state index contributed by atoms with van der Waals surface area (Å²) in [6.07, 6.45) is 1.91. The standard InChI is InChI=1S/C10H18N4OS/c1-4-5-7-13-14-10(16-7)12-9(15)8(11)6(2)3/h6,8H,4-5,11H2,1-3H3,(H,12,14,15). The minimum absolute atomic E-state index is 0.114. The summed E-state index contributed by atoms with van der Waals surface area (Å²) in [5.74, 6) is -0.0859. The number of rotatable bonds is 5. The van der Waals surface area contributed by atoms with Crippen LogP contribution in [-0.2, 0) is 11.2 Å². The second-order valence-electron chi connectivity index (χ2n) is 4.01. The van der Waals surface area contributed by atoms with Crippen molar-refractivity contribution < 1.29 is 4.79 Å². The van der Waals surface area contributed by atoms with Crippen molar-refractivity contribution in [1.29, 1.82) is 0 Å². The number of nitrogens with zero attached hydrogens (tertiary/aromatic N) is 2. The first-order valence-electron chi connectivity index (χ1n) is 5.43. The second-order valence-corrected chi connectivity index (χ2v) is 5.07. The van der Waals surface area contributed by atoms with E-state index in [1.165, 1.54) is 11.3 Å². The van der Waals surface area contributed by atoms with E-state index in [2.05, 4.69) is 22.4 Å². The zero-order chi connectivity index (χ0) is 12.1. The highest BCUT2D eigenvalue weighted by Gasteiger charge is 2.18. The van der Waals surface area contributed by atoms with E-state index in [1.807, 2.05) is 13.8 Å². The van der Waals surface area contributed by atoms with E-state index in [0.717, 1.165) is 17.8 Å². The van der Waals surface area contributed by atoms with Crippen LogP contribution in [0.3, 0.4) is 0 Å². The maximum absolute atomic E-state index is 11.6. The molecule has 0 saturated carbocycles. The van der Waals surface area contributed by atoms with Crippen molar-refractivity contribution >= 4 is 22.4 Å². The quantitative estimate of drug-likeness (QED) is 0.818. The number of aromatic nitrogens is 2. The highest BCUT2D eigenvalue weighted by Crippen LogP contribution is 2.16. The molecule has 0 aliphatic carbocycles. The van der Waals surface area contributed by atoms with Gasteiger partial charge in [-0.2, -0.15) is 0 Å². The molecule has 16 heavy (non-hydrogen) atoms. The molecule has 0 bridgehead atoms. The predicted molar refractivity (Wildman–Crippen MR) is 65.3 cm³/mol. The average molecular weight is 242 g/mol. The highest BCUT2D eigenvalue weighted by molar-refractivity contribution is 7.15. The van der Waals surface area contributed by atoms with Crippen LogP contribution in [0.15, 0.2) is 0 Å². The Kier molecular flexibility index (Phi) is 4.82. The summed E-state index contributed by atoms with van der Waals surface area (Å²) >= 11 is 1.41. The summed E-state index contributed by atoms with van der Waals surface area (Å²) < 4.78 is 0. The number of anilines is 1. The fourth-order valence-electron chi connectivity index (χ4n) is 1.11. The number of hydrogen-bond acceptors (Lipinski definition) is 5. The van der Waals surface area contributed by atoms with Crippen LogP contribution in [0.25, 0.3) is 0 Å². The lowest BCUT2D eigenvalue weighted by Gasteiger charge is -2.13. The SMILES string of the molecule is CCCc1nnc(NC(=O)C(N)C(C)C)s1. The first kappa shape index (κ1) is 13.1. The molecular formula is C10H18N4OS. The van der Waals surface area contributed by atoms with Crippen LogP contribution in [0.2, 0.25) is 0 Å². The Morgan fingerprint density at radius 2 is 2.19 bits per heavy atom. The van der Waals surface area contributed by atoms with Gasteiger partial charge < -0.3 is 5.73 Å². The normalized spacial score (nSPS) is 12.8. The first-order valence-corrected chi connectivity index (χ1v) is 6.25. The van der Waals surface area contributed by atoms with Crippen LogP contribution >= 0.6 is 11.3 Å². The topological polar surface area (TPSA) is 80.9 Å². The molecule has 0 saturated heterocycles. The third-order valence-corrected chi connectivity index (χ3v) is 3.08. The summed E-state index contributed by atoms with van der Waals surface area (Å²) in [6.45, 7) is 5.90. The summed E-state index contributed by atoms with van der Waals surface area (Å²) in [5, 5.41) is 12.0. The molecule has 1 heterocycles. The molecule has 1 atom stereocenters. The maximum atomic E-state index is 11.6. The lowest BCUT2D eigenvalue weighted by atomic mass is 10.1. The van der Waals surface area contributed by atoms with Crippen LogP contribution < -0.4 is 11.1 Å². The smallest absolute Gasteiger partial charge is 0.243 e. The summed E-state index contributed by atoms with van der Waals surface area (Å²) in [4.78, 5) is 11.6. The number of nitrogens with one attached hydrogen (secondary N) is 1. The predicted octanol–water partition coefficient (Wildman–Crippen LogP) is 1.41. The van der Waals surface area contributed by atoms with E-state index < -0.39 is 6.04 Å². The molecule has 90 valence electrons. The second kappa shape index (κ2) is 5.91. The average Bonchev–Trinajstić information content (AvgIpc) is 2.65. The summed E-state index contributed by atoms with van der Waals surface area (Å²) in [7, 11) is 0. The molecule has 1 rings (SSSR count). The number of aryl methyl sites for hydroxylation is 1. The fourth-order valence-corrected chi connectivity index (χ4v) is 1.95. The molecule has 5 nitrogen and oxygen atoms in total. The van der Waals surface area contributed by atoms with Crippen molar-refractivity contribution in [2.24, 2.45) is 11.7 Å². The molecule has 1 amide bonds. The minimum atomic E-state index is -0.501. The molecule has 0 spiro atoms. The van der Waals surface area contributed by atoms with Gasteiger partial charge in [0.25, 0.3) is 0 Å². The fraction of sp³-hybridized carbons (Fsp3) is 0.700. The number of carbonyl (C=O) groups is 1. The van der Waals surface area contributed by atoms with Gasteiger partial charge in [-0.3, -0.25) is 10.1 Å². The van der Waals surface area contributed by atoms with Gasteiger partial charge in [0.2, 0.25) is 11.0 Å². The Morgan fingerprint density at radius 3 is 2.75 bits per heavy atom. The van der Waals surface area contributed by atoms with Gasteiger partial charge in [-0.25, -0.2) is 0 Å². The lowest BCUT2D eigenvalue weighted by molar-refractivity contribution is -0.118. The van der Waals surface area contributed by atoms with Crippen molar-refractivity contribution in [3.8, 4) is 0 Å². The Morgan fingerprint density at radius 1 is 1.50 bits per heavy atom. The van der Waals surface area contributed by atoms with Gasteiger partial charge in [-0.05, 0) is 12.3 Å². The molecule has 0 radical (unpaired) electrons. The molecule has 3 N–H and O–H groups in total. The Hall–Kier alpha value is -1.01. The number of nitrogens with two attached hydrogens (primary N) is 1. The van der Waals surface area contributed by atoms with Gasteiger partial charge in [-0.15, -0.1) is 10.2 Å². The molecular weight excluding hydrogens is 224 g/mol. The molecule has 1 aromatic heterocycles. The monoisotopic (exact) mass is 242 g/mol. The molecule has 0 aliphatic heterocycles. The van der Waals surface area contributed by atoms with Crippen LogP contribution in [0, 0.1) is 5.92 Å². The van der Waals surface area contributed by atoms with E-state index in [9.17, 15) is 4.79 Å². The van der Waals surface area contributed by atoms with Gasteiger partial charge in [0.1, 0.15) is 5.01 Å². The Bertz CT molecular complexity index is 350. The third kappa shape index (κ3) is 3.53. The van der Waals surface area contributed by atoms with Crippen molar-refractivity contribution in [2.75, 3.05) is 5.32 Å². The minimum Gasteiger partial charge on any atom is -0.320 e. The summed E-state index contributed by atoms with van der Waals surface area (Å²) in [5.41, 5.74) is 5.72. The van der Waals surface area contributed by atoms with Crippen LogP contribution in [0.1, 0.15) is 32.2 Å². The largest absolute Gasteiger partial charge is 0.320 e. The van der Waals surface area contributed by atoms with Gasteiger partial charge in [0, 0.05) is 6.42 Å². The number of amides is 1. The molecule has 0 aromatic carbocycles. The van der Waals surface area contributed by atoms with Crippen LogP contribution in [0.4, 0.5) is 5.13 Å². The van der Waals surface area contributed by atoms with Crippen molar-refractivity contribution in [3.05, 3.63) is 5.01 Å². The van der Waals surface area contributed by atoms with Crippen molar-refractivity contribution in [2.45, 2.75) is 39.7 Å². The van der Waals surface area contributed by atoms with Gasteiger partial charge in [0.15, 0.2) is 0 Å². The van der Waals surface area contributed by atoms with Gasteiger partial charge >= 0.3 is 0 Å². The van der Waals surface area contributed by atoms with E-state index in [1.54, 1.807) is 0 Å². The summed E-state index contributed by atoms with van der Waals surface area (Å²) in [6, 6.07) is -0.501. The van der Waals surface area contributed by atoms with Crippen LogP contribution in [0.5, 0.6) is 0 Å². The highest BCUT2D eigenvalue weighted by atomic mass is 32.1. The van der Waals surface area contributed by atoms with E-state index in [0.29, 0.717) is 5.13 Å². The van der Waals surface area contributed by atoms with Crippen molar-refractivity contribution in [1.82, 2.24) is 10.2 Å². The molecule has 6 heteroatoms. The van der Waals surface area contributed by atoms with Gasteiger partial charge in [0.05, 0.1) is 6.04 Å². The molecule has 1 aromatic rings. The van der Waals surface area contributed by atoms with Crippen molar-refractivity contribution in [3.63, 3.8) is 0 Å². The zero-order valence-electron chi connectivity index (χ0n) is 9.86. The molecule has 0 fully saturated rings. The zero-order valence-corrected chi connectivity index (χ0v) is 10.7. The first-order chi connectivity index (χ1) is 7.54. The Balaban J connectivity index is 2.56. The van der Waals surface area contributed by atoms with Crippen LogP contribution in [-0.4, -0.2) is 22.1 Å². The number of carbonyl (C=O) groups excluding carboxylic acids is 1. The van der Waals surface area contributed by atoms with Gasteiger partial charge in [-0.1, -0.05) is 32.1 Å². The van der Waals surface area contributed by atoms with E-state index in [-0.39, 0.29) is 11.8 Å². The Labute approximate surface area is 99.5 Å². The lowest BCUT2D eigenvalue weighted by Crippen LogP contribution is -2.39. The molecule has 1 unspecified atom stereocenters.